The van der Waals surface area contributed by atoms with Crippen molar-refractivity contribution in [2.45, 2.75) is 0 Å². The topological polar surface area (TPSA) is 9.23 Å². The van der Waals surface area contributed by atoms with E-state index in [0.29, 0.717) is 0 Å². The summed E-state index contributed by atoms with van der Waals surface area (Å²) in [5.74, 6) is -115. The predicted octanol–water partition coefficient (Wildman–Crippen LogP) is 8.28. The summed E-state index contributed by atoms with van der Waals surface area (Å²) in [7, 11) is 0. The van der Waals surface area contributed by atoms with E-state index in [4.69, 9.17) is 0 Å². The number of hydrogen-bond acceptors (Lipinski definition) is 1. The van der Waals surface area contributed by atoms with Gasteiger partial charge in [0, 0.05) is 10.9 Å². The van der Waals surface area contributed by atoms with Gasteiger partial charge in [-0.05, 0) is 0 Å². The zero-order valence-electron chi connectivity index (χ0n) is 30.5. The Morgan fingerprint density at radius 3 is 0.618 bits per heavy atom. The molecule has 32 heteroatoms. The van der Waals surface area contributed by atoms with Crippen molar-refractivity contribution >= 4 is 45.8 Å². The normalized spacial score (nSPS) is 11.9. The summed E-state index contributed by atoms with van der Waals surface area (Å²) >= 11 is 0. The molecule has 0 amide bonds. The Kier molecular flexibility index (Phi) is 12.7. The lowest BCUT2D eigenvalue weighted by Gasteiger charge is -2.46. The van der Waals surface area contributed by atoms with Crippen LogP contribution in [0.5, 0.6) is 5.75 Å². The lowest BCUT2D eigenvalue weighted by atomic mass is 9.22. The molecule has 0 aliphatic carbocycles. The van der Waals surface area contributed by atoms with Crippen LogP contribution in [0, 0.1) is 169 Å². The van der Waals surface area contributed by atoms with Gasteiger partial charge in [0.25, 0.3) is 13.1 Å². The second kappa shape index (κ2) is 17.1. The Labute approximate surface area is 352 Å². The second-order valence-corrected chi connectivity index (χ2v) is 13.3. The van der Waals surface area contributed by atoms with Gasteiger partial charge in [-0.2, -0.15) is 8.78 Å². The molecule has 0 aromatic heterocycles. The van der Waals surface area contributed by atoms with Crippen molar-refractivity contribution in [2.24, 2.45) is 0 Å². The highest BCUT2D eigenvalue weighted by Crippen LogP contribution is 2.35. The molecule has 6 rings (SSSR count). The minimum atomic E-state index is -8.08. The van der Waals surface area contributed by atoms with Gasteiger partial charge in [-0.25, -0.2) is 119 Å². The first-order valence-electron chi connectivity index (χ1n) is 16.7. The lowest BCUT2D eigenvalue weighted by Crippen LogP contribution is -2.81. The summed E-state index contributed by atoms with van der Waals surface area (Å²) < 4.78 is 450. The third-order valence-corrected chi connectivity index (χ3v) is 9.87. The molecular formula is C36B2F29O-. The van der Waals surface area contributed by atoms with Crippen LogP contribution in [0.25, 0.3) is 0 Å². The molecule has 1 nitrogen and oxygen atoms in total. The zero-order valence-corrected chi connectivity index (χ0v) is 30.5. The Morgan fingerprint density at radius 1 is 0.191 bits per heavy atom. The van der Waals surface area contributed by atoms with E-state index in [2.05, 4.69) is 4.65 Å². The van der Waals surface area contributed by atoms with E-state index in [9.17, 15) is 48.3 Å². The molecule has 0 radical (unpaired) electrons. The fraction of sp³-hybridized carbons (Fsp3) is 0. The molecule has 0 N–H and O–H groups in total. The molecule has 0 aliphatic rings. The molecule has 0 unspecified atom stereocenters. The number of rotatable bonds is 8. The van der Waals surface area contributed by atoms with E-state index in [1.165, 1.54) is 0 Å². The van der Waals surface area contributed by atoms with Gasteiger partial charge in [0.05, 0.1) is 0 Å². The van der Waals surface area contributed by atoms with Crippen molar-refractivity contribution in [2.75, 3.05) is 0 Å². The van der Waals surface area contributed by atoms with Crippen LogP contribution in [0.3, 0.4) is 0 Å². The summed E-state index contributed by atoms with van der Waals surface area (Å²) in [6.07, 6.45) is -8.08. The Bertz CT molecular complexity index is 2940. The average Bonchev–Trinajstić information content (AvgIpc) is 3.31. The highest BCUT2D eigenvalue weighted by Gasteiger charge is 2.54. The Hall–Kier alpha value is -6.78. The van der Waals surface area contributed by atoms with Gasteiger partial charge in [-0.1, -0.05) is 16.4 Å². The van der Waals surface area contributed by atoms with Crippen molar-refractivity contribution in [3.05, 3.63) is 169 Å². The zero-order chi connectivity index (χ0) is 51.6. The first-order chi connectivity index (χ1) is 31.4. The van der Waals surface area contributed by atoms with Crippen LogP contribution in [0.1, 0.15) is 0 Å². The predicted molar refractivity (Wildman–Crippen MR) is 167 cm³/mol. The summed E-state index contributed by atoms with van der Waals surface area (Å²) in [5, 5.41) is 0. The fourth-order valence-electron chi connectivity index (χ4n) is 6.96. The van der Waals surface area contributed by atoms with Gasteiger partial charge in [0.15, 0.2) is 111 Å². The second-order valence-electron chi connectivity index (χ2n) is 13.3. The van der Waals surface area contributed by atoms with Crippen LogP contribution >= 0.6 is 0 Å². The Balaban J connectivity index is 2.18. The van der Waals surface area contributed by atoms with Crippen LogP contribution in [0.15, 0.2) is 0 Å². The minimum absolute atomic E-state index is 3.48. The lowest BCUT2D eigenvalue weighted by molar-refractivity contribution is 0.345. The maximum absolute atomic E-state index is 17.0. The molecule has 0 spiro atoms. The smallest absolute Gasteiger partial charge is 0.263 e. The molecule has 6 aromatic rings. The van der Waals surface area contributed by atoms with Crippen LogP contribution in [0.4, 0.5) is 127 Å². The largest absolute Gasteiger partial charge is 0.698 e. The van der Waals surface area contributed by atoms with E-state index in [0.717, 1.165) is 0 Å². The van der Waals surface area contributed by atoms with Crippen LogP contribution in [-0.2, 0) is 0 Å². The van der Waals surface area contributed by atoms with Gasteiger partial charge in [0.2, 0.25) is 29.1 Å². The molecular weight excluding hydrogens is 1020 g/mol. The molecule has 0 fully saturated rings. The van der Waals surface area contributed by atoms with Gasteiger partial charge >= 0.3 is 0 Å². The minimum Gasteiger partial charge on any atom is -0.698 e. The van der Waals surface area contributed by atoms with E-state index in [1.54, 1.807) is 0 Å². The SMILES string of the molecule is Fc1c(F)c(F)c(O[B-](c2c(F)c(F)c(F)c(F)c2F)(c2c(F)c(F)c(F)c(F)c2F)c2c(F)c(F)c(F)c(F)c2B(c2c(F)c(F)c(F)c(F)c2F)c2c(F)c(F)c(F)c(F)c2F)c(F)c1F. The van der Waals surface area contributed by atoms with Gasteiger partial charge in [-0.3, -0.25) is 0 Å². The molecule has 360 valence electrons. The van der Waals surface area contributed by atoms with E-state index in [1.807, 2.05) is 0 Å². The molecule has 0 saturated carbocycles. The standard InChI is InChI=1S/C36B2F29O/c39-7-1(37(2-8(40)18(50)27(59)19(51)9(2)41)3-10(42)20(52)28(60)21(53)11(3)43)4(12(44)22(54)17(7)49)38(5-13(45)23(55)29(61)24(56)14(5)46,6-15(47)25(57)30(62)26(58)16(6)48)68-36-34(66)32(64)31(63)33(65)35(36)67/q-1. The third kappa shape index (κ3) is 6.77. The Morgan fingerprint density at radius 2 is 0.368 bits per heavy atom. The maximum Gasteiger partial charge on any atom is 0.263 e. The van der Waals surface area contributed by atoms with Crippen molar-refractivity contribution in [3.8, 4) is 5.75 Å². The molecule has 0 atom stereocenters. The van der Waals surface area contributed by atoms with Gasteiger partial charge in [-0.15, -0.1) is 5.46 Å². The highest BCUT2D eigenvalue weighted by atomic mass is 19.2. The van der Waals surface area contributed by atoms with Gasteiger partial charge < -0.3 is 4.65 Å². The fourth-order valence-corrected chi connectivity index (χ4v) is 6.96. The quantitative estimate of drug-likeness (QED) is 0.0647. The monoisotopic (exact) mass is 1020 g/mol. The summed E-state index contributed by atoms with van der Waals surface area (Å²) in [6.45, 7) is -5.31. The van der Waals surface area contributed by atoms with Crippen molar-refractivity contribution < 1.29 is 132 Å². The first kappa shape index (κ1) is 50.6. The van der Waals surface area contributed by atoms with Crippen LogP contribution in [-0.4, -0.2) is 13.1 Å². The van der Waals surface area contributed by atoms with E-state index >= 15 is 79.0 Å². The van der Waals surface area contributed by atoms with Crippen LogP contribution in [0.2, 0.25) is 0 Å². The van der Waals surface area contributed by atoms with E-state index in [-0.39, 0.29) is 0 Å². The molecule has 0 bridgehead atoms. The molecule has 0 heterocycles. The van der Waals surface area contributed by atoms with Crippen molar-refractivity contribution in [3.63, 3.8) is 0 Å². The van der Waals surface area contributed by atoms with Crippen molar-refractivity contribution in [1.82, 2.24) is 0 Å². The first-order valence-corrected chi connectivity index (χ1v) is 16.7. The highest BCUT2D eigenvalue weighted by molar-refractivity contribution is 7.12. The number of benzene rings is 6. The van der Waals surface area contributed by atoms with E-state index < -0.39 is 220 Å². The number of halogens is 29. The number of hydrogen-bond donors (Lipinski definition) is 0. The summed E-state index contributed by atoms with van der Waals surface area (Å²) in [4.78, 5) is 0. The molecule has 68 heavy (non-hydrogen) atoms. The summed E-state index contributed by atoms with van der Waals surface area (Å²) in [6, 6.07) is 0. The average molecular weight is 1020 g/mol. The van der Waals surface area contributed by atoms with Crippen molar-refractivity contribution in [1.29, 1.82) is 0 Å². The third-order valence-electron chi connectivity index (χ3n) is 9.87. The maximum atomic E-state index is 17.0. The molecule has 0 aliphatic heterocycles. The molecule has 0 saturated heterocycles. The van der Waals surface area contributed by atoms with Gasteiger partial charge in [0.1, 0.15) is 34.8 Å². The molecule has 6 aromatic carbocycles. The van der Waals surface area contributed by atoms with Crippen LogP contribution < -0.4 is 37.4 Å². The summed E-state index contributed by atoms with van der Waals surface area (Å²) in [5.41, 5.74) is -23.5.